The number of hydrogen-bond donors (Lipinski definition) is 1. The van der Waals surface area contributed by atoms with E-state index in [1.54, 1.807) is 6.19 Å². The van der Waals surface area contributed by atoms with Gasteiger partial charge in [-0.05, 0) is 12.8 Å². The molecule has 2 atom stereocenters. The Hall–Kier alpha value is -0.600. The van der Waals surface area contributed by atoms with Gasteiger partial charge in [-0.15, -0.1) is 4.36 Å². The van der Waals surface area contributed by atoms with Crippen LogP contribution in [0.15, 0.2) is 4.36 Å². The van der Waals surface area contributed by atoms with E-state index in [4.69, 9.17) is 11.0 Å². The standard InChI is InChI=1S/C5H9N3OS/c6-4-8-10(9)3-1-2-5(10)7/h5H,1-3,7H2. The van der Waals surface area contributed by atoms with Crippen LogP contribution in [0, 0.1) is 11.5 Å². The third-order valence-corrected chi connectivity index (χ3v) is 4.04. The Labute approximate surface area is 60.2 Å². The predicted molar refractivity (Wildman–Crippen MR) is 38.3 cm³/mol. The lowest BCUT2D eigenvalue weighted by molar-refractivity contribution is 0.671. The maximum Gasteiger partial charge on any atom is 0.214 e. The second-order valence-corrected chi connectivity index (χ2v) is 4.84. The largest absolute Gasteiger partial charge is 0.316 e. The topological polar surface area (TPSA) is 79.2 Å². The van der Waals surface area contributed by atoms with E-state index in [1.165, 1.54) is 0 Å². The second-order valence-electron chi connectivity index (χ2n) is 2.27. The average Bonchev–Trinajstić information content (AvgIpc) is 2.15. The summed E-state index contributed by atoms with van der Waals surface area (Å²) in [5, 5.41) is 7.78. The van der Waals surface area contributed by atoms with Crippen LogP contribution >= 0.6 is 0 Å². The summed E-state index contributed by atoms with van der Waals surface area (Å²) in [6, 6.07) is 0. The first-order valence-electron chi connectivity index (χ1n) is 3.06. The summed E-state index contributed by atoms with van der Waals surface area (Å²) in [4.78, 5) is 0. The van der Waals surface area contributed by atoms with Crippen LogP contribution in [0.25, 0.3) is 0 Å². The highest BCUT2D eigenvalue weighted by atomic mass is 32.2. The summed E-state index contributed by atoms with van der Waals surface area (Å²) in [7, 11) is -2.34. The van der Waals surface area contributed by atoms with Crippen LogP contribution in [0.5, 0.6) is 0 Å². The number of nitrogens with zero attached hydrogens (tertiary/aromatic N) is 2. The van der Waals surface area contributed by atoms with E-state index in [0.29, 0.717) is 5.75 Å². The Bertz CT molecular complexity index is 271. The molecule has 1 heterocycles. The highest BCUT2D eigenvalue weighted by Crippen LogP contribution is 2.17. The van der Waals surface area contributed by atoms with Gasteiger partial charge in [0.1, 0.15) is 0 Å². The maximum absolute atomic E-state index is 11.4. The van der Waals surface area contributed by atoms with Crippen molar-refractivity contribution in [2.45, 2.75) is 18.2 Å². The van der Waals surface area contributed by atoms with Crippen molar-refractivity contribution >= 4 is 9.73 Å². The molecule has 0 aromatic carbocycles. The molecule has 2 N–H and O–H groups in total. The van der Waals surface area contributed by atoms with Gasteiger partial charge in [0.15, 0.2) is 0 Å². The first kappa shape index (κ1) is 7.51. The van der Waals surface area contributed by atoms with Gasteiger partial charge in [0.05, 0.1) is 15.1 Å². The van der Waals surface area contributed by atoms with Gasteiger partial charge in [-0.25, -0.2) is 4.21 Å². The third kappa shape index (κ3) is 1.13. The lowest BCUT2D eigenvalue weighted by Gasteiger charge is -2.02. The molecule has 1 aliphatic heterocycles. The number of hydrogen-bond acceptors (Lipinski definition) is 4. The summed E-state index contributed by atoms with van der Waals surface area (Å²) in [6.07, 6.45) is 3.10. The molecule has 10 heavy (non-hydrogen) atoms. The Morgan fingerprint density at radius 1 is 1.80 bits per heavy atom. The van der Waals surface area contributed by atoms with Gasteiger partial charge in [0.2, 0.25) is 6.19 Å². The summed E-state index contributed by atoms with van der Waals surface area (Å²) < 4.78 is 14.7. The molecule has 1 fully saturated rings. The van der Waals surface area contributed by atoms with E-state index in [0.717, 1.165) is 12.8 Å². The highest BCUT2D eigenvalue weighted by molar-refractivity contribution is 7.94. The van der Waals surface area contributed by atoms with Crippen LogP contribution in [0.4, 0.5) is 0 Å². The molecule has 0 aliphatic carbocycles. The van der Waals surface area contributed by atoms with Gasteiger partial charge in [0, 0.05) is 5.75 Å². The molecule has 0 aromatic rings. The number of nitriles is 1. The summed E-state index contributed by atoms with van der Waals surface area (Å²) in [5.74, 6) is 0.488. The molecule has 2 unspecified atom stereocenters. The van der Waals surface area contributed by atoms with E-state index in [2.05, 4.69) is 4.36 Å². The van der Waals surface area contributed by atoms with Crippen molar-refractivity contribution in [2.24, 2.45) is 10.1 Å². The van der Waals surface area contributed by atoms with Crippen LogP contribution < -0.4 is 5.73 Å². The first-order chi connectivity index (χ1) is 4.69. The van der Waals surface area contributed by atoms with Crippen LogP contribution in [-0.4, -0.2) is 15.3 Å². The zero-order valence-electron chi connectivity index (χ0n) is 5.49. The van der Waals surface area contributed by atoms with Crippen molar-refractivity contribution in [2.75, 3.05) is 5.75 Å². The molecule has 0 radical (unpaired) electrons. The minimum Gasteiger partial charge on any atom is -0.316 e. The van der Waals surface area contributed by atoms with E-state index in [9.17, 15) is 4.21 Å². The minimum absolute atomic E-state index is 0.382. The zero-order chi connectivity index (χ0) is 7.61. The molecule has 0 saturated carbocycles. The van der Waals surface area contributed by atoms with Crippen molar-refractivity contribution in [3.05, 3.63) is 0 Å². The van der Waals surface area contributed by atoms with Crippen molar-refractivity contribution in [3.8, 4) is 6.19 Å². The smallest absolute Gasteiger partial charge is 0.214 e. The number of rotatable bonds is 0. The molecule has 1 aliphatic rings. The zero-order valence-corrected chi connectivity index (χ0v) is 6.30. The van der Waals surface area contributed by atoms with Crippen LogP contribution in [-0.2, 0) is 9.73 Å². The molecule has 5 heteroatoms. The molecule has 0 bridgehead atoms. The Balaban J connectivity index is 3.01. The number of nitrogens with two attached hydrogens (primary N) is 1. The van der Waals surface area contributed by atoms with Crippen molar-refractivity contribution in [1.29, 1.82) is 5.26 Å². The molecule has 1 rings (SSSR count). The van der Waals surface area contributed by atoms with Crippen molar-refractivity contribution < 1.29 is 4.21 Å². The molecule has 4 nitrogen and oxygen atoms in total. The fourth-order valence-electron chi connectivity index (χ4n) is 1.01. The Kier molecular flexibility index (Phi) is 1.92. The maximum atomic E-state index is 11.4. The molecule has 0 spiro atoms. The SMILES string of the molecule is N#CN=S1(=O)CCCC1N. The van der Waals surface area contributed by atoms with Crippen molar-refractivity contribution in [1.82, 2.24) is 0 Å². The Morgan fingerprint density at radius 2 is 2.50 bits per heavy atom. The highest BCUT2D eigenvalue weighted by Gasteiger charge is 2.25. The normalized spacial score (nSPS) is 39.0. The monoisotopic (exact) mass is 159 g/mol. The molecular weight excluding hydrogens is 150 g/mol. The lowest BCUT2D eigenvalue weighted by Crippen LogP contribution is -2.25. The van der Waals surface area contributed by atoms with Gasteiger partial charge in [-0.2, -0.15) is 5.26 Å². The molecule has 0 aromatic heterocycles. The molecule has 56 valence electrons. The van der Waals surface area contributed by atoms with Gasteiger partial charge >= 0.3 is 0 Å². The Morgan fingerprint density at radius 3 is 2.90 bits per heavy atom. The van der Waals surface area contributed by atoms with Crippen LogP contribution in [0.3, 0.4) is 0 Å². The van der Waals surface area contributed by atoms with E-state index in [1.807, 2.05) is 0 Å². The fourth-order valence-corrected chi connectivity index (χ4v) is 2.79. The lowest BCUT2D eigenvalue weighted by atomic mass is 10.3. The van der Waals surface area contributed by atoms with Gasteiger partial charge in [0.25, 0.3) is 0 Å². The molecule has 1 saturated heterocycles. The minimum atomic E-state index is -2.34. The molecule has 0 amide bonds. The third-order valence-electron chi connectivity index (χ3n) is 1.59. The van der Waals surface area contributed by atoms with Crippen molar-refractivity contribution in [3.63, 3.8) is 0 Å². The fraction of sp³-hybridized carbons (Fsp3) is 0.800. The average molecular weight is 159 g/mol. The second kappa shape index (κ2) is 2.56. The van der Waals surface area contributed by atoms with E-state index < -0.39 is 9.73 Å². The van der Waals surface area contributed by atoms with E-state index >= 15 is 0 Å². The first-order valence-corrected chi connectivity index (χ1v) is 4.81. The van der Waals surface area contributed by atoms with Crippen LogP contribution in [0.2, 0.25) is 0 Å². The van der Waals surface area contributed by atoms with Gasteiger partial charge in [-0.3, -0.25) is 0 Å². The van der Waals surface area contributed by atoms with E-state index in [-0.39, 0.29) is 5.37 Å². The predicted octanol–water partition coefficient (Wildman–Crippen LogP) is 0.0141. The van der Waals surface area contributed by atoms with Gasteiger partial charge < -0.3 is 5.73 Å². The molecular formula is C5H9N3OS. The summed E-state index contributed by atoms with van der Waals surface area (Å²) >= 11 is 0. The summed E-state index contributed by atoms with van der Waals surface area (Å²) in [6.45, 7) is 0. The van der Waals surface area contributed by atoms with Crippen LogP contribution in [0.1, 0.15) is 12.8 Å². The summed E-state index contributed by atoms with van der Waals surface area (Å²) in [5.41, 5.74) is 5.48. The van der Waals surface area contributed by atoms with Gasteiger partial charge in [-0.1, -0.05) is 0 Å². The quantitative estimate of drug-likeness (QED) is 0.506.